The van der Waals surface area contributed by atoms with Crippen LogP contribution in [0.2, 0.25) is 15.1 Å². The molecule has 0 atom stereocenters. The third-order valence-electron chi connectivity index (χ3n) is 4.77. The zero-order chi connectivity index (χ0) is 23.7. The topological polar surface area (TPSA) is 79.1 Å². The van der Waals surface area contributed by atoms with Gasteiger partial charge in [0.25, 0.3) is 5.88 Å². The Labute approximate surface area is 204 Å². The van der Waals surface area contributed by atoms with Gasteiger partial charge >= 0.3 is 0 Å². The summed E-state index contributed by atoms with van der Waals surface area (Å²) in [6.45, 7) is 3.60. The minimum Gasteiger partial charge on any atom is -0.436 e. The van der Waals surface area contributed by atoms with Gasteiger partial charge in [-0.15, -0.1) is 10.2 Å². The summed E-state index contributed by atoms with van der Waals surface area (Å²) in [6, 6.07) is 13.5. The van der Waals surface area contributed by atoms with E-state index < -0.39 is 0 Å². The summed E-state index contributed by atoms with van der Waals surface area (Å²) in [4.78, 5) is 13.2. The Morgan fingerprint density at radius 2 is 1.70 bits per heavy atom. The Morgan fingerprint density at radius 1 is 0.939 bits per heavy atom. The quantitative estimate of drug-likeness (QED) is 0.276. The molecule has 2 heterocycles. The molecule has 33 heavy (non-hydrogen) atoms. The van der Waals surface area contributed by atoms with E-state index in [0.717, 1.165) is 5.56 Å². The molecule has 0 amide bonds. The standard InChI is InChI=1S/C23H17Cl3N4O3/c1-12-6-4-5-7-18(12)32-22-17(26)11-19(27-28-22)33-23-20(13(2)29-30(23)3)21(31)15-9-8-14(24)10-16(15)25/h4-11H,1-3H3. The fourth-order valence-corrected chi connectivity index (χ4v) is 3.82. The number of ketones is 1. The molecule has 0 aliphatic rings. The molecule has 0 aliphatic carbocycles. The number of hydrogen-bond donors (Lipinski definition) is 0. The monoisotopic (exact) mass is 502 g/mol. The number of nitrogens with zero attached hydrogens (tertiary/aromatic N) is 4. The number of ether oxygens (including phenoxy) is 2. The lowest BCUT2D eigenvalue weighted by Crippen LogP contribution is -2.06. The van der Waals surface area contributed by atoms with E-state index in [1.54, 1.807) is 32.2 Å². The number of para-hydroxylation sites is 1. The number of benzene rings is 2. The van der Waals surface area contributed by atoms with E-state index in [2.05, 4.69) is 15.3 Å². The van der Waals surface area contributed by atoms with Gasteiger partial charge in [-0.25, -0.2) is 4.68 Å². The molecule has 0 N–H and O–H groups in total. The lowest BCUT2D eigenvalue weighted by molar-refractivity contribution is 0.103. The Morgan fingerprint density at radius 3 is 2.39 bits per heavy atom. The maximum Gasteiger partial charge on any atom is 0.258 e. The summed E-state index contributed by atoms with van der Waals surface area (Å²) >= 11 is 18.5. The van der Waals surface area contributed by atoms with Crippen LogP contribution in [0.25, 0.3) is 0 Å². The lowest BCUT2D eigenvalue weighted by Gasteiger charge is -2.11. The summed E-state index contributed by atoms with van der Waals surface area (Å²) < 4.78 is 13.1. The fourth-order valence-electron chi connectivity index (χ4n) is 3.16. The highest BCUT2D eigenvalue weighted by molar-refractivity contribution is 6.37. The largest absolute Gasteiger partial charge is 0.436 e. The van der Waals surface area contributed by atoms with Gasteiger partial charge < -0.3 is 9.47 Å². The Bertz CT molecular complexity index is 1370. The second-order valence-corrected chi connectivity index (χ2v) is 8.40. The second kappa shape index (κ2) is 9.39. The van der Waals surface area contributed by atoms with Gasteiger partial charge in [0.15, 0.2) is 0 Å². The molecular weight excluding hydrogens is 487 g/mol. The van der Waals surface area contributed by atoms with Crippen molar-refractivity contribution in [2.75, 3.05) is 0 Å². The number of carbonyl (C=O) groups excluding carboxylic acids is 1. The molecule has 0 spiro atoms. The fraction of sp³-hybridized carbons (Fsp3) is 0.130. The molecular formula is C23H17Cl3N4O3. The van der Waals surface area contributed by atoms with Crippen LogP contribution in [-0.2, 0) is 7.05 Å². The maximum absolute atomic E-state index is 13.2. The first-order valence-corrected chi connectivity index (χ1v) is 10.9. The maximum atomic E-state index is 13.2. The molecule has 0 unspecified atom stereocenters. The Balaban J connectivity index is 1.64. The number of rotatable bonds is 6. The van der Waals surface area contributed by atoms with E-state index in [4.69, 9.17) is 44.3 Å². The van der Waals surface area contributed by atoms with Crippen LogP contribution in [-0.4, -0.2) is 25.8 Å². The molecule has 2 aromatic heterocycles. The van der Waals surface area contributed by atoms with E-state index >= 15 is 0 Å². The minimum atomic E-state index is -0.365. The van der Waals surface area contributed by atoms with Gasteiger partial charge in [-0.2, -0.15) is 5.10 Å². The summed E-state index contributed by atoms with van der Waals surface area (Å²) in [5.41, 5.74) is 1.89. The highest BCUT2D eigenvalue weighted by atomic mass is 35.5. The average Bonchev–Trinajstić information content (AvgIpc) is 3.03. The van der Waals surface area contributed by atoms with Crippen LogP contribution in [0.5, 0.6) is 23.4 Å². The van der Waals surface area contributed by atoms with Crippen molar-refractivity contribution in [2.24, 2.45) is 7.05 Å². The van der Waals surface area contributed by atoms with E-state index in [1.165, 1.54) is 16.8 Å². The van der Waals surface area contributed by atoms with Crippen LogP contribution in [0.4, 0.5) is 0 Å². The highest BCUT2D eigenvalue weighted by Gasteiger charge is 2.26. The van der Waals surface area contributed by atoms with Gasteiger partial charge in [-0.1, -0.05) is 53.0 Å². The third kappa shape index (κ3) is 4.80. The van der Waals surface area contributed by atoms with Gasteiger partial charge in [0.05, 0.1) is 10.7 Å². The molecule has 0 saturated carbocycles. The molecule has 4 aromatic rings. The summed E-state index contributed by atoms with van der Waals surface area (Å²) in [5, 5.41) is 13.2. The summed E-state index contributed by atoms with van der Waals surface area (Å²) in [7, 11) is 1.65. The predicted molar refractivity (Wildman–Crippen MR) is 126 cm³/mol. The second-order valence-electron chi connectivity index (χ2n) is 7.15. The molecule has 0 aliphatic heterocycles. The molecule has 0 bridgehead atoms. The molecule has 4 rings (SSSR count). The molecule has 0 saturated heterocycles. The van der Waals surface area contributed by atoms with E-state index in [1.807, 2.05) is 25.1 Å². The van der Waals surface area contributed by atoms with Crippen LogP contribution < -0.4 is 9.47 Å². The van der Waals surface area contributed by atoms with Crippen molar-refractivity contribution in [3.63, 3.8) is 0 Å². The molecule has 0 radical (unpaired) electrons. The predicted octanol–water partition coefficient (Wildman–Crippen LogP) is 6.60. The van der Waals surface area contributed by atoms with Crippen LogP contribution in [0, 0.1) is 13.8 Å². The molecule has 0 fully saturated rings. The van der Waals surface area contributed by atoms with E-state index in [0.29, 0.717) is 16.5 Å². The summed E-state index contributed by atoms with van der Waals surface area (Å²) in [6.07, 6.45) is 0. The first-order valence-electron chi connectivity index (χ1n) is 9.72. The van der Waals surface area contributed by atoms with Gasteiger partial charge in [0.2, 0.25) is 17.5 Å². The van der Waals surface area contributed by atoms with Crippen molar-refractivity contribution in [2.45, 2.75) is 13.8 Å². The Hall–Kier alpha value is -3.13. The van der Waals surface area contributed by atoms with Gasteiger partial charge in [0.1, 0.15) is 16.3 Å². The van der Waals surface area contributed by atoms with Crippen molar-refractivity contribution in [1.82, 2.24) is 20.0 Å². The van der Waals surface area contributed by atoms with Gasteiger partial charge in [-0.05, 0) is 43.7 Å². The number of hydrogen-bond acceptors (Lipinski definition) is 6. The number of halogens is 3. The minimum absolute atomic E-state index is 0.0661. The van der Waals surface area contributed by atoms with Crippen molar-refractivity contribution in [1.29, 1.82) is 0 Å². The van der Waals surface area contributed by atoms with Crippen molar-refractivity contribution in [3.8, 4) is 23.4 Å². The molecule has 7 nitrogen and oxygen atoms in total. The van der Waals surface area contributed by atoms with Gasteiger partial charge in [-0.3, -0.25) is 4.79 Å². The van der Waals surface area contributed by atoms with Crippen molar-refractivity contribution in [3.05, 3.63) is 86.0 Å². The summed E-state index contributed by atoms with van der Waals surface area (Å²) in [5.74, 6) is 0.606. The van der Waals surface area contributed by atoms with E-state index in [-0.39, 0.29) is 44.6 Å². The zero-order valence-corrected chi connectivity index (χ0v) is 20.0. The third-order valence-corrected chi connectivity index (χ3v) is 5.59. The van der Waals surface area contributed by atoms with Crippen LogP contribution in [0.15, 0.2) is 48.5 Å². The normalized spacial score (nSPS) is 10.8. The first kappa shape index (κ1) is 23.0. The van der Waals surface area contributed by atoms with E-state index in [9.17, 15) is 4.79 Å². The Kier molecular flexibility index (Phi) is 6.56. The molecule has 10 heteroatoms. The highest BCUT2D eigenvalue weighted by Crippen LogP contribution is 2.34. The number of aromatic nitrogens is 4. The number of carbonyl (C=O) groups is 1. The SMILES string of the molecule is Cc1ccccc1Oc1nnc(Oc2c(C(=O)c3ccc(Cl)cc3Cl)c(C)nn2C)cc1Cl. The molecule has 168 valence electrons. The van der Waals surface area contributed by atoms with Crippen LogP contribution in [0.1, 0.15) is 27.2 Å². The average molecular weight is 504 g/mol. The zero-order valence-electron chi connectivity index (χ0n) is 17.8. The van der Waals surface area contributed by atoms with Crippen LogP contribution >= 0.6 is 34.8 Å². The number of aryl methyl sites for hydroxylation is 3. The first-order chi connectivity index (χ1) is 15.7. The van der Waals surface area contributed by atoms with Crippen molar-refractivity contribution < 1.29 is 14.3 Å². The van der Waals surface area contributed by atoms with Crippen LogP contribution in [0.3, 0.4) is 0 Å². The van der Waals surface area contributed by atoms with Crippen molar-refractivity contribution >= 4 is 40.6 Å². The molecule has 2 aromatic carbocycles. The lowest BCUT2D eigenvalue weighted by atomic mass is 10.0. The van der Waals surface area contributed by atoms with Gasteiger partial charge in [0, 0.05) is 23.7 Å². The smallest absolute Gasteiger partial charge is 0.258 e.